The van der Waals surface area contributed by atoms with E-state index in [1.165, 1.54) is 19.3 Å². The van der Waals surface area contributed by atoms with Crippen LogP contribution in [0.4, 0.5) is 0 Å². The van der Waals surface area contributed by atoms with Gasteiger partial charge in [-0.1, -0.05) is 25.8 Å². The highest BCUT2D eigenvalue weighted by Crippen LogP contribution is 2.29. The molecule has 0 saturated heterocycles. The molecule has 0 aromatic carbocycles. The lowest BCUT2D eigenvalue weighted by Gasteiger charge is -2.24. The van der Waals surface area contributed by atoms with Crippen molar-refractivity contribution in [3.8, 4) is 0 Å². The molecule has 0 unspecified atom stereocenters. The molecule has 0 radical (unpaired) electrons. The number of rotatable bonds is 7. The van der Waals surface area contributed by atoms with Gasteiger partial charge in [0, 0.05) is 6.61 Å². The fraction of sp³-hybridized carbons (Fsp3) is 0.750. The van der Waals surface area contributed by atoms with Crippen LogP contribution in [0, 0.1) is 5.92 Å². The molecular weight excluding hydrogens is 192 g/mol. The Bertz CT molecular complexity index is 219. The Morgan fingerprint density at radius 3 is 2.73 bits per heavy atom. The van der Waals surface area contributed by atoms with Gasteiger partial charge in [-0.05, 0) is 19.3 Å². The Labute approximate surface area is 91.4 Å². The summed E-state index contributed by atoms with van der Waals surface area (Å²) in [6.07, 6.45) is 5.14. The van der Waals surface area contributed by atoms with Gasteiger partial charge >= 0.3 is 5.97 Å². The molecule has 3 heteroatoms. The first-order valence-corrected chi connectivity index (χ1v) is 5.66. The summed E-state index contributed by atoms with van der Waals surface area (Å²) in [4.78, 5) is 11.1. The van der Waals surface area contributed by atoms with Crippen molar-refractivity contribution in [1.29, 1.82) is 0 Å². The Hall–Kier alpha value is -0.830. The van der Waals surface area contributed by atoms with Crippen molar-refractivity contribution in [1.82, 2.24) is 0 Å². The molecule has 0 aromatic rings. The lowest BCUT2D eigenvalue weighted by atomic mass is 9.83. The van der Waals surface area contributed by atoms with Gasteiger partial charge in [-0.2, -0.15) is 0 Å². The zero-order chi connectivity index (χ0) is 11.1. The summed E-state index contributed by atoms with van der Waals surface area (Å²) in [6.45, 7) is 6.82. The first kappa shape index (κ1) is 12.2. The maximum absolute atomic E-state index is 11.1. The normalized spacial score (nSPS) is 15.8. The fourth-order valence-electron chi connectivity index (χ4n) is 1.52. The van der Waals surface area contributed by atoms with Gasteiger partial charge in [0.25, 0.3) is 0 Å². The smallest absolute Gasteiger partial charge is 0.335 e. The minimum absolute atomic E-state index is 0.297. The predicted octanol–water partition coefficient (Wildman–Crippen LogP) is 2.31. The number of carbonyl (C=O) groups is 1. The monoisotopic (exact) mass is 212 g/mol. The molecule has 0 heterocycles. The lowest BCUT2D eigenvalue weighted by Crippen LogP contribution is -2.16. The van der Waals surface area contributed by atoms with E-state index in [4.69, 9.17) is 9.47 Å². The highest BCUT2D eigenvalue weighted by Gasteiger charge is 2.16. The van der Waals surface area contributed by atoms with Crippen molar-refractivity contribution < 1.29 is 14.3 Å². The van der Waals surface area contributed by atoms with Gasteiger partial charge in [0.05, 0.1) is 18.8 Å². The van der Waals surface area contributed by atoms with Crippen LogP contribution in [0.15, 0.2) is 12.2 Å². The van der Waals surface area contributed by atoms with Crippen LogP contribution in [0.1, 0.15) is 32.6 Å². The number of ether oxygens (including phenoxy) is 2. The Morgan fingerprint density at radius 1 is 1.47 bits per heavy atom. The second kappa shape index (κ2) is 6.62. The third-order valence-electron chi connectivity index (χ3n) is 2.74. The Kier molecular flexibility index (Phi) is 5.40. The topological polar surface area (TPSA) is 35.5 Å². The second-order valence-electron chi connectivity index (χ2n) is 3.96. The van der Waals surface area contributed by atoms with Gasteiger partial charge in [0.15, 0.2) is 0 Å². The van der Waals surface area contributed by atoms with E-state index in [0.717, 1.165) is 18.9 Å². The minimum atomic E-state index is -0.346. The summed E-state index contributed by atoms with van der Waals surface area (Å²) in [7, 11) is 0. The third kappa shape index (κ3) is 4.47. The number of esters is 1. The van der Waals surface area contributed by atoms with Crippen LogP contribution < -0.4 is 0 Å². The largest absolute Gasteiger partial charge is 0.463 e. The molecule has 0 atom stereocenters. The van der Waals surface area contributed by atoms with Crippen LogP contribution in [-0.4, -0.2) is 25.8 Å². The highest BCUT2D eigenvalue weighted by atomic mass is 16.5. The average Bonchev–Trinajstić information content (AvgIpc) is 2.14. The van der Waals surface area contributed by atoms with E-state index in [-0.39, 0.29) is 5.97 Å². The number of hydrogen-bond acceptors (Lipinski definition) is 3. The van der Waals surface area contributed by atoms with E-state index < -0.39 is 0 Å². The molecule has 1 rings (SSSR count). The van der Waals surface area contributed by atoms with E-state index >= 15 is 0 Å². The van der Waals surface area contributed by atoms with Gasteiger partial charge in [-0.25, -0.2) is 4.79 Å². The molecule has 0 aromatic heterocycles. The first-order valence-electron chi connectivity index (χ1n) is 5.66. The summed E-state index contributed by atoms with van der Waals surface area (Å²) in [5.74, 6) is 0.502. The summed E-state index contributed by atoms with van der Waals surface area (Å²) in [5.41, 5.74) is 0.408. The molecule has 0 amide bonds. The summed E-state index contributed by atoms with van der Waals surface area (Å²) < 4.78 is 10.2. The van der Waals surface area contributed by atoms with Crippen molar-refractivity contribution >= 4 is 5.97 Å². The molecule has 0 bridgehead atoms. The third-order valence-corrected chi connectivity index (χ3v) is 2.74. The molecule has 1 aliphatic carbocycles. The Morgan fingerprint density at radius 2 is 2.20 bits per heavy atom. The predicted molar refractivity (Wildman–Crippen MR) is 58.6 cm³/mol. The van der Waals surface area contributed by atoms with Crippen LogP contribution in [0.25, 0.3) is 0 Å². The molecular formula is C12H20O3. The van der Waals surface area contributed by atoms with Crippen LogP contribution in [0.3, 0.4) is 0 Å². The number of hydrogen-bond donors (Lipinski definition) is 0. The Balaban J connectivity index is 1.98. The van der Waals surface area contributed by atoms with Crippen molar-refractivity contribution in [2.45, 2.75) is 32.6 Å². The zero-order valence-electron chi connectivity index (χ0n) is 9.46. The molecule has 1 saturated carbocycles. The second-order valence-corrected chi connectivity index (χ2v) is 3.96. The van der Waals surface area contributed by atoms with Crippen molar-refractivity contribution in [2.24, 2.45) is 5.92 Å². The van der Waals surface area contributed by atoms with E-state index in [0.29, 0.717) is 18.8 Å². The van der Waals surface area contributed by atoms with Gasteiger partial charge in [0.2, 0.25) is 0 Å². The zero-order valence-corrected chi connectivity index (χ0v) is 9.46. The lowest BCUT2D eigenvalue weighted by molar-refractivity contribution is -0.139. The van der Waals surface area contributed by atoms with E-state index in [9.17, 15) is 4.79 Å². The molecule has 86 valence electrons. The molecule has 0 N–H and O–H groups in total. The summed E-state index contributed by atoms with van der Waals surface area (Å²) in [6, 6.07) is 0. The quantitative estimate of drug-likeness (QED) is 0.369. The summed E-state index contributed by atoms with van der Waals surface area (Å²) in [5, 5.41) is 0. The van der Waals surface area contributed by atoms with Crippen LogP contribution in [0.5, 0.6) is 0 Å². The van der Waals surface area contributed by atoms with Gasteiger partial charge < -0.3 is 9.47 Å². The van der Waals surface area contributed by atoms with Crippen LogP contribution in [-0.2, 0) is 14.3 Å². The standard InChI is InChI=1S/C12H20O3/c1-3-15-12(13)10(2)9-14-8-7-11-5-4-6-11/h11H,2-9H2,1H3. The SMILES string of the molecule is C=C(COCCC1CCC1)C(=O)OCC. The van der Waals surface area contributed by atoms with Crippen molar-refractivity contribution in [2.75, 3.05) is 19.8 Å². The van der Waals surface area contributed by atoms with Crippen LogP contribution in [0.2, 0.25) is 0 Å². The number of carbonyl (C=O) groups excluding carboxylic acids is 1. The van der Waals surface area contributed by atoms with Crippen LogP contribution >= 0.6 is 0 Å². The minimum Gasteiger partial charge on any atom is -0.463 e. The molecule has 1 aliphatic rings. The molecule has 0 aliphatic heterocycles. The first-order chi connectivity index (χ1) is 7.24. The molecule has 0 spiro atoms. The molecule has 15 heavy (non-hydrogen) atoms. The van der Waals surface area contributed by atoms with Crippen molar-refractivity contribution in [3.63, 3.8) is 0 Å². The van der Waals surface area contributed by atoms with Gasteiger partial charge in [-0.15, -0.1) is 0 Å². The average molecular weight is 212 g/mol. The maximum Gasteiger partial charge on any atom is 0.335 e. The molecule has 3 nitrogen and oxygen atoms in total. The summed E-state index contributed by atoms with van der Waals surface area (Å²) >= 11 is 0. The fourth-order valence-corrected chi connectivity index (χ4v) is 1.52. The van der Waals surface area contributed by atoms with E-state index in [1.807, 2.05) is 0 Å². The maximum atomic E-state index is 11.1. The van der Waals surface area contributed by atoms with Gasteiger partial charge in [0.1, 0.15) is 0 Å². The van der Waals surface area contributed by atoms with Gasteiger partial charge in [-0.3, -0.25) is 0 Å². The van der Waals surface area contributed by atoms with Crippen molar-refractivity contribution in [3.05, 3.63) is 12.2 Å². The molecule has 1 fully saturated rings. The van der Waals surface area contributed by atoms with E-state index in [2.05, 4.69) is 6.58 Å². The highest BCUT2D eigenvalue weighted by molar-refractivity contribution is 5.87. The van der Waals surface area contributed by atoms with E-state index in [1.54, 1.807) is 6.92 Å².